The number of carbonyl (C=O) groups is 1. The maximum absolute atomic E-state index is 13.2. The molecule has 0 N–H and O–H groups in total. The highest BCUT2D eigenvalue weighted by Crippen LogP contribution is 2.51. The van der Waals surface area contributed by atoms with E-state index in [1.807, 2.05) is 47.7 Å². The van der Waals surface area contributed by atoms with E-state index >= 15 is 0 Å². The molecule has 29 heavy (non-hydrogen) atoms. The van der Waals surface area contributed by atoms with E-state index in [9.17, 15) is 4.79 Å². The maximum Gasteiger partial charge on any atom is 0.194 e. The number of ketones is 1. The fraction of sp³-hybridized carbons (Fsp3) is 0.115. The Bertz CT molecular complexity index is 1560. The third kappa shape index (κ3) is 1.84. The molecule has 1 unspecified atom stereocenters. The van der Waals surface area contributed by atoms with Crippen molar-refractivity contribution < 1.29 is 9.21 Å². The molecule has 2 heterocycles. The van der Waals surface area contributed by atoms with Crippen LogP contribution in [-0.4, -0.2) is 5.78 Å². The zero-order valence-corrected chi connectivity index (χ0v) is 16.6. The van der Waals surface area contributed by atoms with Gasteiger partial charge in [-0.1, -0.05) is 43.3 Å². The van der Waals surface area contributed by atoms with Gasteiger partial charge in [0.15, 0.2) is 5.78 Å². The molecule has 1 atom stereocenters. The van der Waals surface area contributed by atoms with E-state index < -0.39 is 0 Å². The van der Waals surface area contributed by atoms with Crippen LogP contribution < -0.4 is 0 Å². The first-order chi connectivity index (χ1) is 14.2. The van der Waals surface area contributed by atoms with Crippen LogP contribution in [0.4, 0.5) is 0 Å². The highest BCUT2D eigenvalue weighted by Gasteiger charge is 2.33. The van der Waals surface area contributed by atoms with Gasteiger partial charge in [0.1, 0.15) is 11.2 Å². The predicted octanol–water partition coefficient (Wildman–Crippen LogP) is 7.53. The van der Waals surface area contributed by atoms with Crippen molar-refractivity contribution in [1.29, 1.82) is 0 Å². The Kier molecular flexibility index (Phi) is 2.84. The number of hydrogen-bond donors (Lipinski definition) is 0. The molecule has 0 saturated carbocycles. The van der Waals surface area contributed by atoms with Crippen molar-refractivity contribution in [3.05, 3.63) is 76.2 Å². The zero-order valence-electron chi connectivity index (χ0n) is 15.8. The Balaban J connectivity index is 1.67. The Labute approximate surface area is 171 Å². The Morgan fingerprint density at radius 2 is 1.72 bits per heavy atom. The lowest BCUT2D eigenvalue weighted by molar-refractivity contribution is 0.104. The van der Waals surface area contributed by atoms with Crippen molar-refractivity contribution in [2.75, 3.05) is 0 Å². The molecule has 0 amide bonds. The Morgan fingerprint density at radius 1 is 0.931 bits per heavy atom. The second-order valence-electron chi connectivity index (χ2n) is 8.08. The summed E-state index contributed by atoms with van der Waals surface area (Å²) in [5.74, 6) is 0.621. The largest absolute Gasteiger partial charge is 0.455 e. The lowest BCUT2D eigenvalue weighted by atomic mass is 9.93. The van der Waals surface area contributed by atoms with Gasteiger partial charge in [0.05, 0.1) is 0 Å². The molecular weight excluding hydrogens is 376 g/mol. The predicted molar refractivity (Wildman–Crippen MR) is 120 cm³/mol. The van der Waals surface area contributed by atoms with Gasteiger partial charge in [0.25, 0.3) is 0 Å². The number of hydrogen-bond acceptors (Lipinski definition) is 3. The van der Waals surface area contributed by atoms with Crippen LogP contribution in [-0.2, 0) is 0 Å². The Hall–Kier alpha value is -3.17. The number of thiophene rings is 1. The van der Waals surface area contributed by atoms with Gasteiger partial charge in [-0.3, -0.25) is 4.79 Å². The minimum absolute atomic E-state index is 0.106. The van der Waals surface area contributed by atoms with E-state index in [-0.39, 0.29) is 5.78 Å². The molecule has 138 valence electrons. The van der Waals surface area contributed by atoms with Crippen molar-refractivity contribution >= 4 is 55.2 Å². The number of allylic oxidation sites excluding steroid dienone is 1. The van der Waals surface area contributed by atoms with E-state index in [0.717, 1.165) is 50.6 Å². The van der Waals surface area contributed by atoms with Gasteiger partial charge in [0, 0.05) is 48.0 Å². The van der Waals surface area contributed by atoms with E-state index in [2.05, 4.69) is 31.2 Å². The summed E-state index contributed by atoms with van der Waals surface area (Å²) in [7, 11) is 0. The average Bonchev–Trinajstić information content (AvgIpc) is 3.39. The third-order valence-electron chi connectivity index (χ3n) is 6.43. The quantitative estimate of drug-likeness (QED) is 0.267. The van der Waals surface area contributed by atoms with Crippen molar-refractivity contribution in [3.8, 4) is 11.1 Å². The molecule has 0 spiro atoms. The van der Waals surface area contributed by atoms with Crippen molar-refractivity contribution in [3.63, 3.8) is 0 Å². The van der Waals surface area contributed by atoms with Crippen LogP contribution in [0.3, 0.4) is 0 Å². The lowest BCUT2D eigenvalue weighted by Gasteiger charge is -2.12. The molecule has 2 aliphatic rings. The van der Waals surface area contributed by atoms with Gasteiger partial charge in [-0.15, -0.1) is 11.3 Å². The van der Waals surface area contributed by atoms with Crippen molar-refractivity contribution in [1.82, 2.24) is 0 Å². The number of fused-ring (bicyclic) bond motifs is 11. The molecule has 2 aromatic heterocycles. The SMILES string of the molecule is CC1CC=Cc2c1sc1c3c(ccc21)C(=O)c1ccc2c(oc4ccccc42)c1-3. The number of benzene rings is 3. The van der Waals surface area contributed by atoms with Crippen LogP contribution >= 0.6 is 11.3 Å². The number of para-hydroxylation sites is 1. The molecule has 0 saturated heterocycles. The molecule has 0 fully saturated rings. The van der Waals surface area contributed by atoms with Crippen LogP contribution in [0.25, 0.3) is 49.2 Å². The standard InChI is InChI=1S/C26H16O2S/c1-13-5-4-7-16-17-10-12-19-22(26(17)29-25(13)16)21-18(23(19)27)11-9-15-14-6-2-3-8-20(14)28-24(15)21/h2-4,6-13H,5H2,1H3. The van der Waals surface area contributed by atoms with Crippen LogP contribution in [0, 0.1) is 0 Å². The van der Waals surface area contributed by atoms with E-state index in [1.165, 1.54) is 20.5 Å². The molecule has 0 aliphatic heterocycles. The molecule has 2 aliphatic carbocycles. The van der Waals surface area contributed by atoms with Crippen LogP contribution in [0.15, 0.2) is 59.0 Å². The van der Waals surface area contributed by atoms with Gasteiger partial charge in [-0.05, 0) is 42.2 Å². The van der Waals surface area contributed by atoms with E-state index in [4.69, 9.17) is 4.42 Å². The topological polar surface area (TPSA) is 30.2 Å². The van der Waals surface area contributed by atoms with E-state index in [1.54, 1.807) is 0 Å². The second-order valence-corrected chi connectivity index (χ2v) is 9.13. The fourth-order valence-corrected chi connectivity index (χ4v) is 6.45. The normalized spacial score (nSPS) is 17.3. The van der Waals surface area contributed by atoms with Crippen LogP contribution in [0.2, 0.25) is 0 Å². The summed E-state index contributed by atoms with van der Waals surface area (Å²) in [5, 5.41) is 3.42. The smallest absolute Gasteiger partial charge is 0.194 e. The van der Waals surface area contributed by atoms with Gasteiger partial charge in [0.2, 0.25) is 0 Å². The fourth-order valence-electron chi connectivity index (χ4n) is 5.04. The summed E-state index contributed by atoms with van der Waals surface area (Å²) in [5.41, 5.74) is 6.62. The summed E-state index contributed by atoms with van der Waals surface area (Å²) >= 11 is 1.85. The van der Waals surface area contributed by atoms with Crippen LogP contribution in [0.5, 0.6) is 0 Å². The summed E-state index contributed by atoms with van der Waals surface area (Å²) in [6.45, 7) is 2.29. The highest BCUT2D eigenvalue weighted by atomic mass is 32.1. The number of rotatable bonds is 0. The average molecular weight is 392 g/mol. The monoisotopic (exact) mass is 392 g/mol. The lowest BCUT2D eigenvalue weighted by Crippen LogP contribution is -1.95. The van der Waals surface area contributed by atoms with Gasteiger partial charge in [-0.25, -0.2) is 0 Å². The Morgan fingerprint density at radius 3 is 2.62 bits per heavy atom. The minimum Gasteiger partial charge on any atom is -0.455 e. The first-order valence-corrected chi connectivity index (χ1v) is 10.8. The summed E-state index contributed by atoms with van der Waals surface area (Å²) in [6.07, 6.45) is 5.59. The van der Waals surface area contributed by atoms with E-state index in [0.29, 0.717) is 5.92 Å². The summed E-state index contributed by atoms with van der Waals surface area (Å²) < 4.78 is 7.52. The molecule has 3 heteroatoms. The van der Waals surface area contributed by atoms with Gasteiger partial charge >= 0.3 is 0 Å². The highest BCUT2D eigenvalue weighted by molar-refractivity contribution is 7.20. The number of furan rings is 1. The molecule has 0 bridgehead atoms. The molecule has 7 rings (SSSR count). The zero-order chi connectivity index (χ0) is 19.3. The summed E-state index contributed by atoms with van der Waals surface area (Å²) in [4.78, 5) is 14.7. The maximum atomic E-state index is 13.2. The first kappa shape index (κ1) is 15.7. The molecule has 5 aromatic rings. The van der Waals surface area contributed by atoms with Crippen molar-refractivity contribution in [2.24, 2.45) is 0 Å². The molecule has 0 radical (unpaired) electrons. The summed E-state index contributed by atoms with van der Waals surface area (Å²) in [6, 6.07) is 16.2. The molecule has 3 aromatic carbocycles. The van der Waals surface area contributed by atoms with Gasteiger partial charge in [-0.2, -0.15) is 0 Å². The van der Waals surface area contributed by atoms with Crippen LogP contribution in [0.1, 0.15) is 45.6 Å². The molecule has 2 nitrogen and oxygen atoms in total. The third-order valence-corrected chi connectivity index (χ3v) is 7.90. The van der Waals surface area contributed by atoms with Crippen molar-refractivity contribution in [2.45, 2.75) is 19.3 Å². The first-order valence-electron chi connectivity index (χ1n) is 9.97. The molecular formula is C26H16O2S. The number of carbonyl (C=O) groups excluding carboxylic acids is 1. The second kappa shape index (κ2) is 5.25. The van der Waals surface area contributed by atoms with Gasteiger partial charge < -0.3 is 4.42 Å². The minimum atomic E-state index is 0.106.